The number of benzene rings is 3. The van der Waals surface area contributed by atoms with E-state index in [1.165, 1.54) is 6.21 Å². The van der Waals surface area contributed by atoms with Crippen LogP contribution in [0.4, 0.5) is 0 Å². The van der Waals surface area contributed by atoms with Crippen molar-refractivity contribution in [3.05, 3.63) is 117 Å². The normalized spacial score (nSPS) is 11.5. The van der Waals surface area contributed by atoms with E-state index in [0.29, 0.717) is 17.4 Å². The Bertz CT molecular complexity index is 1670. The second kappa shape index (κ2) is 8.08. The zero-order valence-corrected chi connectivity index (χ0v) is 17.3. The van der Waals surface area contributed by atoms with Crippen molar-refractivity contribution < 1.29 is 9.90 Å². The number of fused-ring (bicyclic) bond motifs is 2. The Morgan fingerprint density at radius 1 is 0.970 bits per heavy atom. The molecule has 0 amide bonds. The summed E-state index contributed by atoms with van der Waals surface area (Å²) in [6.45, 7) is 0.450. The van der Waals surface area contributed by atoms with E-state index >= 15 is 0 Å². The van der Waals surface area contributed by atoms with Gasteiger partial charge in [-0.25, -0.2) is 9.59 Å². The third-order valence-electron chi connectivity index (χ3n) is 5.44. The van der Waals surface area contributed by atoms with Crippen molar-refractivity contribution in [1.29, 1.82) is 0 Å². The second-order valence-corrected chi connectivity index (χ2v) is 7.57. The van der Waals surface area contributed by atoms with E-state index in [9.17, 15) is 19.5 Å². The van der Waals surface area contributed by atoms with E-state index in [1.807, 2.05) is 41.1 Å². The Morgan fingerprint density at radius 3 is 2.55 bits per heavy atom. The van der Waals surface area contributed by atoms with Crippen molar-refractivity contribution in [1.82, 2.24) is 14.2 Å². The third-order valence-corrected chi connectivity index (χ3v) is 5.44. The van der Waals surface area contributed by atoms with E-state index in [4.69, 9.17) is 0 Å². The molecule has 0 saturated carbocycles. The summed E-state index contributed by atoms with van der Waals surface area (Å²) in [7, 11) is 0. The standard InChI is InChI=1S/C25H18N4O4/c30-23-20-9-1-3-10-21(20)27-25(33)29(23)26-13-18-15-28(22-11-4-2-8-19(18)22)14-16-6-5-7-17(12-16)24(31)32/h1-13,15H,14H2,(H,27,33)(H,31,32). The van der Waals surface area contributed by atoms with Gasteiger partial charge in [-0.3, -0.25) is 4.79 Å². The van der Waals surface area contributed by atoms with Gasteiger partial charge in [0.25, 0.3) is 5.56 Å². The quantitative estimate of drug-likeness (QED) is 0.411. The summed E-state index contributed by atoms with van der Waals surface area (Å²) in [6, 6.07) is 21.2. The van der Waals surface area contributed by atoms with Crippen molar-refractivity contribution >= 4 is 34.0 Å². The molecule has 0 saturated heterocycles. The Kier molecular flexibility index (Phi) is 4.95. The first-order valence-electron chi connectivity index (χ1n) is 10.2. The maximum Gasteiger partial charge on any atom is 0.349 e. The maximum absolute atomic E-state index is 12.7. The van der Waals surface area contributed by atoms with Gasteiger partial charge in [0.2, 0.25) is 0 Å². The number of hydrogen-bond donors (Lipinski definition) is 2. The number of carboxylic acids is 1. The van der Waals surface area contributed by atoms with Crippen LogP contribution >= 0.6 is 0 Å². The van der Waals surface area contributed by atoms with Gasteiger partial charge >= 0.3 is 11.7 Å². The van der Waals surface area contributed by atoms with Crippen molar-refractivity contribution in [2.45, 2.75) is 6.54 Å². The number of H-pyrrole nitrogens is 1. The zero-order valence-electron chi connectivity index (χ0n) is 17.3. The monoisotopic (exact) mass is 438 g/mol. The fourth-order valence-electron chi connectivity index (χ4n) is 3.89. The first-order valence-corrected chi connectivity index (χ1v) is 10.2. The lowest BCUT2D eigenvalue weighted by atomic mass is 10.1. The summed E-state index contributed by atoms with van der Waals surface area (Å²) < 4.78 is 2.79. The molecule has 2 aromatic heterocycles. The Labute approximate surface area is 186 Å². The number of carboxylic acid groups (broad SMARTS) is 1. The van der Waals surface area contributed by atoms with Crippen molar-refractivity contribution in [3.8, 4) is 0 Å². The molecule has 0 aliphatic carbocycles. The molecule has 3 aromatic carbocycles. The van der Waals surface area contributed by atoms with Crippen molar-refractivity contribution in [2.24, 2.45) is 5.10 Å². The number of aromatic nitrogens is 3. The lowest BCUT2D eigenvalue weighted by molar-refractivity contribution is 0.0696. The minimum Gasteiger partial charge on any atom is -0.478 e. The molecule has 2 heterocycles. The van der Waals surface area contributed by atoms with Gasteiger partial charge in [-0.1, -0.05) is 42.5 Å². The van der Waals surface area contributed by atoms with Gasteiger partial charge in [-0.2, -0.15) is 5.10 Å². The number of para-hydroxylation sites is 2. The molecule has 0 spiro atoms. The molecule has 0 bridgehead atoms. The highest BCUT2D eigenvalue weighted by molar-refractivity contribution is 5.99. The predicted molar refractivity (Wildman–Crippen MR) is 126 cm³/mol. The lowest BCUT2D eigenvalue weighted by Crippen LogP contribution is -2.32. The summed E-state index contributed by atoms with van der Waals surface area (Å²) >= 11 is 0. The smallest absolute Gasteiger partial charge is 0.349 e. The number of carbonyl (C=O) groups is 1. The molecule has 162 valence electrons. The zero-order chi connectivity index (χ0) is 22.9. The molecule has 5 aromatic rings. The maximum atomic E-state index is 12.7. The number of rotatable bonds is 5. The summed E-state index contributed by atoms with van der Waals surface area (Å²) in [5.41, 5.74) is 2.03. The molecular formula is C25H18N4O4. The number of hydrogen-bond acceptors (Lipinski definition) is 4. The van der Waals surface area contributed by atoms with Gasteiger partial charge in [-0.05, 0) is 35.9 Å². The van der Waals surface area contributed by atoms with Crippen LogP contribution in [0, 0.1) is 0 Å². The van der Waals surface area contributed by atoms with Crippen LogP contribution in [-0.4, -0.2) is 31.5 Å². The highest BCUT2D eigenvalue weighted by Crippen LogP contribution is 2.21. The molecule has 33 heavy (non-hydrogen) atoms. The fraction of sp³-hybridized carbons (Fsp3) is 0.0400. The average molecular weight is 438 g/mol. The number of nitrogens with one attached hydrogen (secondary N) is 1. The van der Waals surface area contributed by atoms with E-state index in [-0.39, 0.29) is 5.56 Å². The SMILES string of the molecule is O=C(O)c1cccc(Cn2cc(C=Nn3c(=O)[nH]c4ccccc4c3=O)c3ccccc32)c1. The molecule has 0 radical (unpaired) electrons. The number of nitrogens with zero attached hydrogens (tertiary/aromatic N) is 3. The molecule has 5 rings (SSSR count). The summed E-state index contributed by atoms with van der Waals surface area (Å²) in [5, 5.41) is 14.7. The van der Waals surface area contributed by atoms with Gasteiger partial charge in [-0.15, -0.1) is 4.68 Å². The summed E-state index contributed by atoms with van der Waals surface area (Å²) in [5.74, 6) is -0.979. The second-order valence-electron chi connectivity index (χ2n) is 7.57. The van der Waals surface area contributed by atoms with E-state index in [0.717, 1.165) is 26.7 Å². The molecule has 0 atom stereocenters. The lowest BCUT2D eigenvalue weighted by Gasteiger charge is -2.06. The molecule has 0 unspecified atom stereocenters. The third kappa shape index (κ3) is 3.74. The molecule has 0 aliphatic heterocycles. The number of aromatic carboxylic acids is 1. The van der Waals surface area contributed by atoms with Crippen LogP contribution in [0.3, 0.4) is 0 Å². The minimum atomic E-state index is -0.979. The average Bonchev–Trinajstić information content (AvgIpc) is 3.16. The van der Waals surface area contributed by atoms with Gasteiger partial charge < -0.3 is 14.7 Å². The van der Waals surface area contributed by atoms with Gasteiger partial charge in [0.15, 0.2) is 0 Å². The summed E-state index contributed by atoms with van der Waals surface area (Å²) in [6.07, 6.45) is 3.35. The van der Waals surface area contributed by atoms with Crippen LogP contribution in [0.25, 0.3) is 21.8 Å². The van der Waals surface area contributed by atoms with Crippen LogP contribution in [0.5, 0.6) is 0 Å². The number of aromatic amines is 1. The van der Waals surface area contributed by atoms with Gasteiger partial charge in [0.1, 0.15) is 0 Å². The first kappa shape index (κ1) is 20.2. The molecule has 8 nitrogen and oxygen atoms in total. The van der Waals surface area contributed by atoms with Crippen LogP contribution in [0.1, 0.15) is 21.5 Å². The van der Waals surface area contributed by atoms with Crippen molar-refractivity contribution in [2.75, 3.05) is 0 Å². The van der Waals surface area contributed by atoms with E-state index in [1.54, 1.807) is 42.5 Å². The first-order chi connectivity index (χ1) is 16.0. The van der Waals surface area contributed by atoms with Gasteiger partial charge in [0, 0.05) is 29.2 Å². The molecule has 0 fully saturated rings. The topological polar surface area (TPSA) is 109 Å². The highest BCUT2D eigenvalue weighted by Gasteiger charge is 2.10. The van der Waals surface area contributed by atoms with Gasteiger partial charge in [0.05, 0.1) is 22.7 Å². The van der Waals surface area contributed by atoms with Crippen LogP contribution in [-0.2, 0) is 6.54 Å². The Hall–Kier alpha value is -4.72. The minimum absolute atomic E-state index is 0.223. The molecule has 0 aliphatic rings. The van der Waals surface area contributed by atoms with E-state index < -0.39 is 17.2 Å². The molecule has 2 N–H and O–H groups in total. The highest BCUT2D eigenvalue weighted by atomic mass is 16.4. The van der Waals surface area contributed by atoms with Crippen LogP contribution in [0.15, 0.2) is 93.7 Å². The fourth-order valence-corrected chi connectivity index (χ4v) is 3.89. The molecule has 8 heteroatoms. The molecular weight excluding hydrogens is 420 g/mol. The van der Waals surface area contributed by atoms with Crippen LogP contribution < -0.4 is 11.2 Å². The summed E-state index contributed by atoms with van der Waals surface area (Å²) in [4.78, 5) is 39.1. The predicted octanol–water partition coefficient (Wildman–Crippen LogP) is 3.27. The largest absolute Gasteiger partial charge is 0.478 e. The Balaban J connectivity index is 1.57. The van der Waals surface area contributed by atoms with Crippen LogP contribution in [0.2, 0.25) is 0 Å². The van der Waals surface area contributed by atoms with Crippen molar-refractivity contribution in [3.63, 3.8) is 0 Å². The van der Waals surface area contributed by atoms with E-state index in [2.05, 4.69) is 10.1 Å². The Morgan fingerprint density at radius 2 is 1.73 bits per heavy atom.